The SMILES string of the molecule is CC(=C\c1ccco1)/C=C1/SC(=S)N(c2ccccc2)C1=O. The lowest BCUT2D eigenvalue weighted by Crippen LogP contribution is -2.27. The summed E-state index contributed by atoms with van der Waals surface area (Å²) in [5.74, 6) is 0.667. The van der Waals surface area contributed by atoms with Gasteiger partial charge in [-0.3, -0.25) is 9.69 Å². The first-order valence-electron chi connectivity index (χ1n) is 6.70. The number of para-hydroxylation sites is 1. The first-order valence-corrected chi connectivity index (χ1v) is 7.92. The number of hydrogen-bond donors (Lipinski definition) is 0. The van der Waals surface area contributed by atoms with Gasteiger partial charge in [-0.15, -0.1) is 0 Å². The minimum absolute atomic E-state index is 0.0894. The smallest absolute Gasteiger partial charge is 0.270 e. The lowest BCUT2D eigenvalue weighted by Gasteiger charge is -2.13. The topological polar surface area (TPSA) is 33.5 Å². The van der Waals surface area contributed by atoms with E-state index in [0.717, 1.165) is 17.0 Å². The molecule has 3 rings (SSSR count). The van der Waals surface area contributed by atoms with Crippen molar-refractivity contribution in [2.45, 2.75) is 6.92 Å². The van der Waals surface area contributed by atoms with Crippen LogP contribution in [0.1, 0.15) is 12.7 Å². The lowest BCUT2D eigenvalue weighted by molar-refractivity contribution is -0.113. The van der Waals surface area contributed by atoms with Crippen LogP contribution >= 0.6 is 24.0 Å². The van der Waals surface area contributed by atoms with Crippen LogP contribution in [0.2, 0.25) is 0 Å². The number of benzene rings is 1. The van der Waals surface area contributed by atoms with E-state index in [9.17, 15) is 4.79 Å². The largest absolute Gasteiger partial charge is 0.465 e. The number of thioether (sulfide) groups is 1. The van der Waals surface area contributed by atoms with Crippen LogP contribution in [0, 0.1) is 0 Å². The number of carbonyl (C=O) groups is 1. The summed E-state index contributed by atoms with van der Waals surface area (Å²) < 4.78 is 5.82. The van der Waals surface area contributed by atoms with E-state index >= 15 is 0 Å². The molecule has 110 valence electrons. The average Bonchev–Trinajstić information content (AvgIpc) is 3.09. The van der Waals surface area contributed by atoms with Crippen molar-refractivity contribution in [3.8, 4) is 0 Å². The second-order valence-electron chi connectivity index (χ2n) is 4.76. The van der Waals surface area contributed by atoms with Gasteiger partial charge in [0.05, 0.1) is 16.9 Å². The Morgan fingerprint density at radius 3 is 2.68 bits per heavy atom. The van der Waals surface area contributed by atoms with Gasteiger partial charge in [0.1, 0.15) is 5.76 Å². The van der Waals surface area contributed by atoms with Gasteiger partial charge in [0.25, 0.3) is 5.91 Å². The third-order valence-electron chi connectivity index (χ3n) is 3.08. The zero-order valence-electron chi connectivity index (χ0n) is 11.9. The summed E-state index contributed by atoms with van der Waals surface area (Å²) >= 11 is 6.65. The third kappa shape index (κ3) is 3.05. The predicted molar refractivity (Wildman–Crippen MR) is 94.6 cm³/mol. The highest BCUT2D eigenvalue weighted by Gasteiger charge is 2.33. The highest BCUT2D eigenvalue weighted by atomic mass is 32.2. The van der Waals surface area contributed by atoms with Gasteiger partial charge in [-0.05, 0) is 48.9 Å². The zero-order chi connectivity index (χ0) is 15.5. The minimum atomic E-state index is -0.0894. The zero-order valence-corrected chi connectivity index (χ0v) is 13.5. The molecule has 3 nitrogen and oxygen atoms in total. The molecule has 2 aromatic rings. The van der Waals surface area contributed by atoms with E-state index < -0.39 is 0 Å². The Hall–Kier alpha value is -2.11. The average molecular weight is 327 g/mol. The fourth-order valence-electron chi connectivity index (χ4n) is 2.11. The van der Waals surface area contributed by atoms with Gasteiger partial charge in [0.2, 0.25) is 0 Å². The van der Waals surface area contributed by atoms with Crippen LogP contribution < -0.4 is 4.90 Å². The molecule has 1 aliphatic rings. The Morgan fingerprint density at radius 2 is 2.00 bits per heavy atom. The summed E-state index contributed by atoms with van der Waals surface area (Å²) in [6.07, 6.45) is 5.34. The maximum absolute atomic E-state index is 12.6. The highest BCUT2D eigenvalue weighted by Crippen LogP contribution is 2.35. The number of thiocarbonyl (C=S) groups is 1. The van der Waals surface area contributed by atoms with E-state index in [1.165, 1.54) is 11.8 Å². The number of furan rings is 1. The van der Waals surface area contributed by atoms with Gasteiger partial charge < -0.3 is 4.42 Å². The predicted octanol–water partition coefficient (Wildman–Crippen LogP) is 4.63. The van der Waals surface area contributed by atoms with E-state index in [-0.39, 0.29) is 5.91 Å². The number of carbonyl (C=O) groups excluding carboxylic acids is 1. The molecule has 1 aliphatic heterocycles. The summed E-state index contributed by atoms with van der Waals surface area (Å²) in [6.45, 7) is 1.93. The third-order valence-corrected chi connectivity index (χ3v) is 4.38. The van der Waals surface area contributed by atoms with Gasteiger partial charge in [-0.2, -0.15) is 0 Å². The molecule has 0 N–H and O–H groups in total. The Bertz CT molecular complexity index is 761. The van der Waals surface area contributed by atoms with E-state index in [1.807, 2.05) is 61.5 Å². The quantitative estimate of drug-likeness (QED) is 0.608. The monoisotopic (exact) mass is 327 g/mol. The van der Waals surface area contributed by atoms with Crippen molar-refractivity contribution in [2.24, 2.45) is 0 Å². The fourth-order valence-corrected chi connectivity index (χ4v) is 3.46. The van der Waals surface area contributed by atoms with Crippen molar-refractivity contribution < 1.29 is 9.21 Å². The van der Waals surface area contributed by atoms with Gasteiger partial charge in [-0.1, -0.05) is 42.2 Å². The van der Waals surface area contributed by atoms with Crippen molar-refractivity contribution in [1.82, 2.24) is 0 Å². The molecule has 0 bridgehead atoms. The number of anilines is 1. The minimum Gasteiger partial charge on any atom is -0.465 e. The Morgan fingerprint density at radius 1 is 1.23 bits per heavy atom. The first kappa shape index (κ1) is 14.8. The van der Waals surface area contributed by atoms with Gasteiger partial charge >= 0.3 is 0 Å². The normalized spacial score (nSPS) is 17.6. The molecule has 5 heteroatoms. The number of nitrogens with zero attached hydrogens (tertiary/aromatic N) is 1. The summed E-state index contributed by atoms with van der Waals surface area (Å²) in [7, 11) is 0. The number of hydrogen-bond acceptors (Lipinski definition) is 4. The van der Waals surface area contributed by atoms with Crippen molar-refractivity contribution in [1.29, 1.82) is 0 Å². The second kappa shape index (κ2) is 6.34. The second-order valence-corrected chi connectivity index (χ2v) is 6.43. The van der Waals surface area contributed by atoms with Gasteiger partial charge in [0.15, 0.2) is 4.32 Å². The summed E-state index contributed by atoms with van der Waals surface area (Å²) in [5.41, 5.74) is 1.73. The molecule has 1 aromatic heterocycles. The summed E-state index contributed by atoms with van der Waals surface area (Å²) in [6, 6.07) is 13.1. The molecule has 0 atom stereocenters. The molecule has 1 saturated heterocycles. The first-order chi connectivity index (χ1) is 10.6. The van der Waals surface area contributed by atoms with E-state index in [2.05, 4.69) is 0 Å². The van der Waals surface area contributed by atoms with Crippen molar-refractivity contribution in [3.05, 3.63) is 71.0 Å². The molecule has 0 spiro atoms. The number of rotatable bonds is 3. The van der Waals surface area contributed by atoms with Crippen LogP contribution in [0.4, 0.5) is 5.69 Å². The summed E-state index contributed by atoms with van der Waals surface area (Å²) in [4.78, 5) is 14.7. The molecule has 2 heterocycles. The van der Waals surface area contributed by atoms with Crippen molar-refractivity contribution >= 4 is 46.0 Å². The molecule has 1 fully saturated rings. The molecule has 0 radical (unpaired) electrons. The van der Waals surface area contributed by atoms with Crippen LogP contribution in [-0.2, 0) is 4.79 Å². The van der Waals surface area contributed by atoms with Crippen LogP contribution in [0.3, 0.4) is 0 Å². The standard InChI is InChI=1S/C17H13NO2S2/c1-12(10-14-8-5-9-20-14)11-15-16(19)18(17(21)22-15)13-6-3-2-4-7-13/h2-11H,1H3/b12-10+,15-11+. The van der Waals surface area contributed by atoms with Gasteiger partial charge in [0, 0.05) is 0 Å². The number of amides is 1. The summed E-state index contributed by atoms with van der Waals surface area (Å²) in [5, 5.41) is 0. The van der Waals surface area contributed by atoms with Crippen molar-refractivity contribution in [3.63, 3.8) is 0 Å². The van der Waals surface area contributed by atoms with Gasteiger partial charge in [-0.25, -0.2) is 0 Å². The lowest BCUT2D eigenvalue weighted by atomic mass is 10.2. The molecule has 22 heavy (non-hydrogen) atoms. The maximum atomic E-state index is 12.6. The van der Waals surface area contributed by atoms with Crippen LogP contribution in [0.25, 0.3) is 6.08 Å². The van der Waals surface area contributed by atoms with Crippen LogP contribution in [0.5, 0.6) is 0 Å². The molecule has 0 aliphatic carbocycles. The molecular formula is C17H13NO2S2. The van der Waals surface area contributed by atoms with E-state index in [0.29, 0.717) is 9.23 Å². The highest BCUT2D eigenvalue weighted by molar-refractivity contribution is 8.27. The van der Waals surface area contributed by atoms with Crippen LogP contribution in [-0.4, -0.2) is 10.2 Å². The molecule has 0 unspecified atom stereocenters. The number of allylic oxidation sites excluding steroid dienone is 2. The van der Waals surface area contributed by atoms with Crippen molar-refractivity contribution in [2.75, 3.05) is 4.90 Å². The van der Waals surface area contributed by atoms with E-state index in [4.69, 9.17) is 16.6 Å². The Kier molecular flexibility index (Phi) is 4.27. The molecule has 0 saturated carbocycles. The molecule has 1 amide bonds. The Balaban J connectivity index is 1.86. The molecular weight excluding hydrogens is 314 g/mol. The Labute approximate surface area is 138 Å². The van der Waals surface area contributed by atoms with Crippen LogP contribution in [0.15, 0.2) is 69.7 Å². The molecule has 1 aromatic carbocycles. The maximum Gasteiger partial charge on any atom is 0.270 e. The van der Waals surface area contributed by atoms with E-state index in [1.54, 1.807) is 11.2 Å². The fraction of sp³-hybridized carbons (Fsp3) is 0.0588.